The molecule has 184 valence electrons. The van der Waals surface area contributed by atoms with Crippen LogP contribution < -0.4 is 5.73 Å². The Bertz CT molecular complexity index is 1550. The number of aromatic nitrogens is 3. The number of hydrogen-bond acceptors (Lipinski definition) is 7. The average molecular weight is 550 g/mol. The lowest BCUT2D eigenvalue weighted by atomic mass is 9.93. The van der Waals surface area contributed by atoms with Gasteiger partial charge in [-0.2, -0.15) is 18.3 Å². The molecule has 4 aromatic rings. The van der Waals surface area contributed by atoms with Gasteiger partial charge in [-0.15, -0.1) is 11.3 Å². The van der Waals surface area contributed by atoms with Crippen LogP contribution in [0.25, 0.3) is 16.5 Å². The first-order chi connectivity index (χ1) is 17.1. The summed E-state index contributed by atoms with van der Waals surface area (Å²) in [6, 6.07) is 8.60. The van der Waals surface area contributed by atoms with Crippen LogP contribution in [0.2, 0.25) is 5.02 Å². The van der Waals surface area contributed by atoms with E-state index in [-0.39, 0.29) is 34.0 Å². The van der Waals surface area contributed by atoms with Crippen molar-refractivity contribution in [3.8, 4) is 0 Å². The number of nitrogens with zero attached hydrogens (tertiary/aromatic N) is 3. The van der Waals surface area contributed by atoms with Crippen molar-refractivity contribution in [2.75, 3.05) is 5.73 Å². The fraction of sp³-hybridized carbons (Fsp3) is 0.130. The fourth-order valence-corrected chi connectivity index (χ4v) is 5.55. The molecule has 1 aliphatic heterocycles. The molecular formula is C23H15ClF3N5O2S2. The van der Waals surface area contributed by atoms with Crippen molar-refractivity contribution in [1.82, 2.24) is 20.1 Å². The molecule has 2 amide bonds. The largest absolute Gasteiger partial charge is 0.416 e. The van der Waals surface area contributed by atoms with Crippen LogP contribution in [0.3, 0.4) is 0 Å². The maximum absolute atomic E-state index is 13.8. The minimum atomic E-state index is -4.66. The van der Waals surface area contributed by atoms with Crippen molar-refractivity contribution in [2.45, 2.75) is 19.1 Å². The van der Waals surface area contributed by atoms with E-state index in [4.69, 9.17) is 17.3 Å². The Balaban J connectivity index is 1.62. The first kappa shape index (κ1) is 24.3. The van der Waals surface area contributed by atoms with Gasteiger partial charge in [-0.1, -0.05) is 23.7 Å². The maximum Gasteiger partial charge on any atom is 0.416 e. The molecule has 0 unspecified atom stereocenters. The summed E-state index contributed by atoms with van der Waals surface area (Å²) in [7, 11) is 0. The molecule has 0 aliphatic carbocycles. The Morgan fingerprint density at radius 3 is 2.69 bits per heavy atom. The number of benzene rings is 2. The summed E-state index contributed by atoms with van der Waals surface area (Å²) in [6.07, 6.45) is -3.35. The predicted octanol–water partition coefficient (Wildman–Crippen LogP) is 6.12. The predicted molar refractivity (Wildman–Crippen MR) is 133 cm³/mol. The van der Waals surface area contributed by atoms with Crippen molar-refractivity contribution < 1.29 is 22.8 Å². The lowest BCUT2D eigenvalue weighted by Crippen LogP contribution is -2.28. The minimum Gasteiger partial charge on any atom is -0.375 e. The smallest absolute Gasteiger partial charge is 0.375 e. The van der Waals surface area contributed by atoms with Crippen molar-refractivity contribution in [3.63, 3.8) is 0 Å². The van der Waals surface area contributed by atoms with E-state index in [1.165, 1.54) is 23.5 Å². The van der Waals surface area contributed by atoms with Crippen LogP contribution in [0.4, 0.5) is 23.1 Å². The molecule has 13 heteroatoms. The summed E-state index contributed by atoms with van der Waals surface area (Å²) in [4.78, 5) is 31.3. The number of H-pyrrole nitrogens is 1. The van der Waals surface area contributed by atoms with Gasteiger partial charge in [0.25, 0.3) is 11.1 Å². The van der Waals surface area contributed by atoms with E-state index >= 15 is 0 Å². The number of fused-ring (bicyclic) bond motifs is 1. The SMILES string of the molecule is Nc1nc(CN2C(=O)S/C(=C(/Cc3ccc(Cl)cc3C(F)(F)F)c3ccc4[nH]ncc4c3)C2=O)cs1. The number of nitrogens with two attached hydrogens (primary N) is 1. The van der Waals surface area contributed by atoms with Crippen molar-refractivity contribution in [3.05, 3.63) is 80.3 Å². The maximum atomic E-state index is 13.8. The second kappa shape index (κ2) is 9.26. The van der Waals surface area contributed by atoms with E-state index in [1.54, 1.807) is 29.8 Å². The number of aromatic amines is 1. The number of hydrogen-bond donors (Lipinski definition) is 2. The molecule has 0 radical (unpaired) electrons. The lowest BCUT2D eigenvalue weighted by molar-refractivity contribution is -0.138. The zero-order valence-electron chi connectivity index (χ0n) is 18.1. The topological polar surface area (TPSA) is 105 Å². The molecule has 2 aromatic carbocycles. The number of imide groups is 1. The molecule has 1 saturated heterocycles. The standard InChI is InChI=1S/C23H15ClF3N5O2S2/c24-14-3-1-12(17(7-14)23(25,26)27)6-16(11-2-4-18-13(5-11)8-29-31-18)19-20(33)32(22(34)36-19)9-15-10-35-21(28)30-15/h1-5,7-8,10H,6,9H2,(H2,28,30)(H,29,31)/b19-16-. The zero-order valence-corrected chi connectivity index (χ0v) is 20.5. The summed E-state index contributed by atoms with van der Waals surface area (Å²) in [5, 5.41) is 8.82. The van der Waals surface area contributed by atoms with Gasteiger partial charge in [-0.05, 0) is 59.1 Å². The molecule has 3 N–H and O–H groups in total. The lowest BCUT2D eigenvalue weighted by Gasteiger charge is -2.17. The van der Waals surface area contributed by atoms with E-state index in [0.29, 0.717) is 33.5 Å². The van der Waals surface area contributed by atoms with Gasteiger partial charge in [-0.25, -0.2) is 4.98 Å². The first-order valence-electron chi connectivity index (χ1n) is 10.4. The molecule has 1 fully saturated rings. The number of carbonyl (C=O) groups is 2. The highest BCUT2D eigenvalue weighted by Gasteiger charge is 2.39. The highest BCUT2D eigenvalue weighted by atomic mass is 35.5. The van der Waals surface area contributed by atoms with Crippen LogP contribution in [0.15, 0.2) is 52.9 Å². The van der Waals surface area contributed by atoms with Crippen molar-refractivity contribution in [2.24, 2.45) is 0 Å². The molecule has 7 nitrogen and oxygen atoms in total. The van der Waals surface area contributed by atoms with Gasteiger partial charge < -0.3 is 5.73 Å². The normalized spacial score (nSPS) is 15.8. The third-order valence-electron chi connectivity index (χ3n) is 5.55. The average Bonchev–Trinajstić information content (AvgIpc) is 3.53. The number of nitrogen functional groups attached to an aromatic ring is 1. The van der Waals surface area contributed by atoms with Gasteiger partial charge in [0.15, 0.2) is 5.13 Å². The third-order valence-corrected chi connectivity index (χ3v) is 7.52. The van der Waals surface area contributed by atoms with Crippen LogP contribution in [0.5, 0.6) is 0 Å². The molecule has 5 rings (SSSR count). The van der Waals surface area contributed by atoms with E-state index in [0.717, 1.165) is 16.5 Å². The number of thioether (sulfide) groups is 1. The molecule has 36 heavy (non-hydrogen) atoms. The Hall–Kier alpha value is -3.35. The van der Waals surface area contributed by atoms with E-state index in [2.05, 4.69) is 15.2 Å². The minimum absolute atomic E-state index is 0.0501. The fourth-order valence-electron chi connectivity index (χ4n) is 3.88. The van der Waals surface area contributed by atoms with Crippen LogP contribution in [0.1, 0.15) is 22.4 Å². The summed E-state index contributed by atoms with van der Waals surface area (Å²) in [6.45, 7) is -0.0926. The summed E-state index contributed by atoms with van der Waals surface area (Å²) in [5.41, 5.74) is 6.61. The number of carbonyl (C=O) groups excluding carboxylic acids is 2. The monoisotopic (exact) mass is 549 g/mol. The van der Waals surface area contributed by atoms with Crippen LogP contribution >= 0.6 is 34.7 Å². The van der Waals surface area contributed by atoms with Gasteiger partial charge in [0.05, 0.1) is 34.4 Å². The second-order valence-corrected chi connectivity index (χ2v) is 10.2. The molecule has 0 spiro atoms. The number of thiazole rings is 1. The Morgan fingerprint density at radius 2 is 1.97 bits per heavy atom. The molecule has 3 heterocycles. The molecular weight excluding hydrogens is 535 g/mol. The summed E-state index contributed by atoms with van der Waals surface area (Å²) < 4.78 is 41.5. The highest BCUT2D eigenvalue weighted by Crippen LogP contribution is 2.41. The van der Waals surface area contributed by atoms with Gasteiger partial charge in [-0.3, -0.25) is 19.6 Å². The first-order valence-corrected chi connectivity index (χ1v) is 12.4. The summed E-state index contributed by atoms with van der Waals surface area (Å²) in [5.74, 6) is -0.610. The third kappa shape index (κ3) is 4.71. The van der Waals surface area contributed by atoms with Crippen molar-refractivity contribution in [1.29, 1.82) is 0 Å². The Labute approximate surface area is 215 Å². The van der Waals surface area contributed by atoms with E-state index in [9.17, 15) is 22.8 Å². The van der Waals surface area contributed by atoms with Crippen LogP contribution in [-0.2, 0) is 23.9 Å². The number of anilines is 1. The van der Waals surface area contributed by atoms with Crippen LogP contribution in [0, 0.1) is 0 Å². The van der Waals surface area contributed by atoms with E-state index < -0.39 is 22.9 Å². The second-order valence-electron chi connectivity index (χ2n) is 7.89. The molecule has 0 saturated carbocycles. The molecule has 1 aliphatic rings. The quantitative estimate of drug-likeness (QED) is 0.290. The highest BCUT2D eigenvalue weighted by molar-refractivity contribution is 8.18. The Kier molecular flexibility index (Phi) is 6.27. The number of amides is 2. The van der Waals surface area contributed by atoms with Gasteiger partial charge in [0, 0.05) is 15.8 Å². The number of allylic oxidation sites excluding steroid dienone is 1. The van der Waals surface area contributed by atoms with Gasteiger partial charge in [0.2, 0.25) is 0 Å². The molecule has 0 bridgehead atoms. The van der Waals surface area contributed by atoms with Crippen LogP contribution in [-0.4, -0.2) is 31.2 Å². The number of alkyl halides is 3. The Morgan fingerprint density at radius 1 is 1.17 bits per heavy atom. The summed E-state index contributed by atoms with van der Waals surface area (Å²) >= 11 is 7.71. The van der Waals surface area contributed by atoms with Gasteiger partial charge in [0.1, 0.15) is 0 Å². The van der Waals surface area contributed by atoms with Crippen molar-refractivity contribution >= 4 is 67.5 Å². The molecule has 2 aromatic heterocycles. The number of halogens is 4. The molecule has 0 atom stereocenters. The zero-order chi connectivity index (χ0) is 25.6. The number of nitrogens with one attached hydrogen (secondary N) is 1. The van der Waals surface area contributed by atoms with E-state index in [1.807, 2.05) is 0 Å². The number of rotatable bonds is 5. The van der Waals surface area contributed by atoms with Gasteiger partial charge >= 0.3 is 6.18 Å².